The zero-order valence-corrected chi connectivity index (χ0v) is 28.5. The number of ketones is 1. The number of methoxy groups -OCH3 is 1. The van der Waals surface area contributed by atoms with Crippen molar-refractivity contribution in [2.45, 2.75) is 82.1 Å². The van der Waals surface area contributed by atoms with Gasteiger partial charge in [-0.3, -0.25) is 4.79 Å². The minimum Gasteiger partial charge on any atom is -0.493 e. The van der Waals surface area contributed by atoms with Crippen molar-refractivity contribution in [2.24, 2.45) is 29.6 Å². The second kappa shape index (κ2) is 17.9. The van der Waals surface area contributed by atoms with Crippen molar-refractivity contribution >= 4 is 5.78 Å². The molecule has 0 saturated carbocycles. The third-order valence-corrected chi connectivity index (χ3v) is 6.16. The number of carbonyl (C=O) groups is 1. The van der Waals surface area contributed by atoms with Crippen LogP contribution in [0.5, 0.6) is 34.5 Å². The number of Topliss-reactive ketones (excluding diaryl/α,β-unsaturated/α-hetero) is 1. The van der Waals surface area contributed by atoms with Crippen LogP contribution in [-0.2, 0) is 6.42 Å². The van der Waals surface area contributed by atoms with Gasteiger partial charge in [0.1, 0.15) is 17.1 Å². The molecule has 0 bridgehead atoms. The number of ether oxygens (including phenoxy) is 6. The predicted molar refractivity (Wildman–Crippen MR) is 174 cm³/mol. The highest BCUT2D eigenvalue weighted by Crippen LogP contribution is 2.41. The van der Waals surface area contributed by atoms with Crippen molar-refractivity contribution in [1.82, 2.24) is 0 Å². The topological polar surface area (TPSA) is 72.5 Å². The summed E-state index contributed by atoms with van der Waals surface area (Å²) in [6.45, 7) is 23.5. The van der Waals surface area contributed by atoms with E-state index in [4.69, 9.17) is 28.4 Å². The van der Waals surface area contributed by atoms with Crippen molar-refractivity contribution in [3.05, 3.63) is 35.4 Å². The van der Waals surface area contributed by atoms with Crippen molar-refractivity contribution in [2.75, 3.05) is 40.1 Å². The molecule has 0 aliphatic rings. The van der Waals surface area contributed by atoms with Crippen LogP contribution >= 0.6 is 0 Å². The molecule has 0 saturated heterocycles. The average Bonchev–Trinajstić information content (AvgIpc) is 2.94. The van der Waals surface area contributed by atoms with Gasteiger partial charge in [0, 0.05) is 18.1 Å². The van der Waals surface area contributed by atoms with Crippen molar-refractivity contribution in [3.63, 3.8) is 0 Å². The van der Waals surface area contributed by atoms with E-state index in [1.807, 2.05) is 24.3 Å². The number of carbonyl (C=O) groups excluding carboxylic acids is 1. The molecule has 2 aromatic carbocycles. The minimum atomic E-state index is -0.0882. The SMILES string of the molecule is COc1cc(OCC(C)C)cc(CCC(=O)c2c(OCC(C)C)ccc(OCC(C)C)c2OCC(C)C)c1OCC(C)C. The number of hydrogen-bond donors (Lipinski definition) is 0. The fourth-order valence-corrected chi connectivity index (χ4v) is 4.05. The first-order chi connectivity index (χ1) is 20.3. The summed E-state index contributed by atoms with van der Waals surface area (Å²) in [6.07, 6.45) is 0.629. The Morgan fingerprint density at radius 3 is 1.58 bits per heavy atom. The van der Waals surface area contributed by atoms with Gasteiger partial charge in [0.15, 0.2) is 28.8 Å². The molecule has 7 nitrogen and oxygen atoms in total. The molecule has 0 unspecified atom stereocenters. The van der Waals surface area contributed by atoms with E-state index < -0.39 is 0 Å². The molecule has 43 heavy (non-hydrogen) atoms. The summed E-state index contributed by atoms with van der Waals surface area (Å²) < 4.78 is 36.6. The molecular weight excluding hydrogens is 544 g/mol. The van der Waals surface area contributed by atoms with Crippen molar-refractivity contribution in [3.8, 4) is 34.5 Å². The molecule has 0 aliphatic heterocycles. The second-order valence-electron chi connectivity index (χ2n) is 13.3. The fourth-order valence-electron chi connectivity index (χ4n) is 4.05. The molecule has 0 N–H and O–H groups in total. The van der Waals surface area contributed by atoms with Crippen molar-refractivity contribution in [1.29, 1.82) is 0 Å². The van der Waals surface area contributed by atoms with Gasteiger partial charge >= 0.3 is 0 Å². The maximum absolute atomic E-state index is 14.2. The lowest BCUT2D eigenvalue weighted by molar-refractivity contribution is 0.0970. The third kappa shape index (κ3) is 12.2. The predicted octanol–water partition coefficient (Wildman–Crippen LogP) is 8.68. The first-order valence-corrected chi connectivity index (χ1v) is 15.9. The second-order valence-corrected chi connectivity index (χ2v) is 13.3. The number of rotatable bonds is 20. The van der Waals surface area contributed by atoms with Gasteiger partial charge in [-0.2, -0.15) is 0 Å². The van der Waals surface area contributed by atoms with E-state index in [2.05, 4.69) is 69.2 Å². The van der Waals surface area contributed by atoms with E-state index in [1.165, 1.54) is 0 Å². The van der Waals surface area contributed by atoms with Gasteiger partial charge in [-0.25, -0.2) is 0 Å². The first kappa shape index (κ1) is 36.1. The summed E-state index contributed by atoms with van der Waals surface area (Å²) in [4.78, 5) is 14.2. The van der Waals surface area contributed by atoms with Gasteiger partial charge in [-0.15, -0.1) is 0 Å². The molecule has 2 rings (SSSR count). The van der Waals surface area contributed by atoms with Crippen LogP contribution in [0.25, 0.3) is 0 Å². The highest BCUT2D eigenvalue weighted by molar-refractivity contribution is 6.02. The quantitative estimate of drug-likeness (QED) is 0.141. The van der Waals surface area contributed by atoms with Crippen LogP contribution in [-0.4, -0.2) is 45.9 Å². The smallest absolute Gasteiger partial charge is 0.175 e. The number of benzene rings is 2. The Labute approximate surface area is 260 Å². The largest absolute Gasteiger partial charge is 0.493 e. The zero-order chi connectivity index (χ0) is 32.1. The Morgan fingerprint density at radius 1 is 0.581 bits per heavy atom. The van der Waals surface area contributed by atoms with Gasteiger partial charge < -0.3 is 28.4 Å². The zero-order valence-electron chi connectivity index (χ0n) is 28.5. The molecule has 0 aromatic heterocycles. The molecule has 2 aromatic rings. The Balaban J connectivity index is 2.54. The minimum absolute atomic E-state index is 0.0882. The van der Waals surface area contributed by atoms with Crippen LogP contribution in [0, 0.1) is 29.6 Å². The Kier molecular flexibility index (Phi) is 15.0. The Bertz CT molecular complexity index is 1130. The molecule has 0 radical (unpaired) electrons. The van der Waals surface area contributed by atoms with Crippen LogP contribution in [0.15, 0.2) is 24.3 Å². The molecule has 0 spiro atoms. The Hall–Kier alpha value is -3.09. The van der Waals surface area contributed by atoms with E-state index >= 15 is 0 Å². The molecular formula is C36H56O7. The molecule has 0 amide bonds. The molecule has 0 atom stereocenters. The normalized spacial score (nSPS) is 11.5. The van der Waals surface area contributed by atoms with E-state index in [0.29, 0.717) is 103 Å². The van der Waals surface area contributed by atoms with Gasteiger partial charge in [0.05, 0.1) is 40.1 Å². The summed E-state index contributed by atoms with van der Waals surface area (Å²) in [5.74, 6) is 4.92. The van der Waals surface area contributed by atoms with E-state index in [0.717, 1.165) is 5.56 Å². The fraction of sp³-hybridized carbons (Fsp3) is 0.639. The lowest BCUT2D eigenvalue weighted by Crippen LogP contribution is -2.15. The first-order valence-electron chi connectivity index (χ1n) is 15.9. The van der Waals surface area contributed by atoms with Crippen molar-refractivity contribution < 1.29 is 33.2 Å². The van der Waals surface area contributed by atoms with Gasteiger partial charge in [0.25, 0.3) is 0 Å². The average molecular weight is 601 g/mol. The Morgan fingerprint density at radius 2 is 1.05 bits per heavy atom. The molecule has 0 heterocycles. The summed E-state index contributed by atoms with van der Waals surface area (Å²) in [7, 11) is 1.62. The summed E-state index contributed by atoms with van der Waals surface area (Å²) in [6, 6.07) is 7.49. The lowest BCUT2D eigenvalue weighted by atomic mass is 9.99. The summed E-state index contributed by atoms with van der Waals surface area (Å²) in [5, 5.41) is 0. The van der Waals surface area contributed by atoms with Gasteiger partial charge in [0.2, 0.25) is 0 Å². The molecule has 0 aliphatic carbocycles. The van der Waals surface area contributed by atoms with Gasteiger partial charge in [-0.05, 0) is 54.2 Å². The highest BCUT2D eigenvalue weighted by Gasteiger charge is 2.25. The molecule has 7 heteroatoms. The maximum atomic E-state index is 14.2. The standard InChI is InChI=1S/C36H56O7/c1-23(2)18-39-29-16-28(35(33(17-29)38-11)42-21-26(7)8)12-13-30(37)34-31(40-19-24(3)4)14-15-32(41-20-25(5)6)36(34)43-22-27(9)10/h14-17,23-27H,12-13,18-22H2,1-11H3. The molecule has 242 valence electrons. The number of aryl methyl sites for hydroxylation is 1. The lowest BCUT2D eigenvalue weighted by Gasteiger charge is -2.21. The van der Waals surface area contributed by atoms with Crippen LogP contribution < -0.4 is 28.4 Å². The van der Waals surface area contributed by atoms with Crippen LogP contribution in [0.3, 0.4) is 0 Å². The maximum Gasteiger partial charge on any atom is 0.175 e. The van der Waals surface area contributed by atoms with E-state index in [9.17, 15) is 4.79 Å². The molecule has 0 fully saturated rings. The van der Waals surface area contributed by atoms with E-state index in [1.54, 1.807) is 7.11 Å². The van der Waals surface area contributed by atoms with Crippen LogP contribution in [0.2, 0.25) is 0 Å². The summed E-state index contributed by atoms with van der Waals surface area (Å²) >= 11 is 0. The third-order valence-electron chi connectivity index (χ3n) is 6.16. The van der Waals surface area contributed by atoms with E-state index in [-0.39, 0.29) is 18.1 Å². The van der Waals surface area contributed by atoms with Crippen LogP contribution in [0.1, 0.15) is 91.6 Å². The van der Waals surface area contributed by atoms with Gasteiger partial charge in [-0.1, -0.05) is 69.2 Å². The van der Waals surface area contributed by atoms with Crippen LogP contribution in [0.4, 0.5) is 0 Å². The summed E-state index contributed by atoms with van der Waals surface area (Å²) in [5.41, 5.74) is 1.28. The monoisotopic (exact) mass is 600 g/mol. The highest BCUT2D eigenvalue weighted by atomic mass is 16.5. The number of hydrogen-bond acceptors (Lipinski definition) is 7.